The Morgan fingerprint density at radius 2 is 1.65 bits per heavy atom. The largest absolute Gasteiger partial charge is 0.464 e. The number of rotatable bonds is 4. The summed E-state index contributed by atoms with van der Waals surface area (Å²) in [5.41, 5.74) is -1.22. The number of nitrogens with one attached hydrogen (secondary N) is 1. The molecule has 3 aromatic rings. The Balaban J connectivity index is 2.36. The first-order chi connectivity index (χ1) is 18.5. The predicted octanol–water partition coefficient (Wildman–Crippen LogP) is 4.86. The number of carbonyl (C=O) groups is 4. The number of hydrogen-bond donors (Lipinski definition) is 2. The molecule has 2 heterocycles. The van der Waals surface area contributed by atoms with E-state index in [1.165, 1.54) is 0 Å². The number of nitrogens with zero attached hydrogens (tertiary/aromatic N) is 6. The zero-order valence-electron chi connectivity index (χ0n) is 23.1. The number of imidazole rings is 1. The summed E-state index contributed by atoms with van der Waals surface area (Å²) in [6.07, 6.45) is -3.24. The van der Waals surface area contributed by atoms with Gasteiger partial charge in [0, 0.05) is 0 Å². The van der Waals surface area contributed by atoms with Gasteiger partial charge >= 0.3 is 18.3 Å². The molecule has 14 heteroatoms. The number of anilines is 2. The van der Waals surface area contributed by atoms with Crippen molar-refractivity contribution in [3.8, 4) is 17.6 Å². The Labute approximate surface area is 229 Å². The van der Waals surface area contributed by atoms with E-state index in [-0.39, 0.29) is 28.4 Å². The van der Waals surface area contributed by atoms with Crippen LogP contribution in [0, 0.1) is 18.3 Å². The molecule has 0 aliphatic carbocycles. The second-order valence-electron chi connectivity index (χ2n) is 10.7. The summed E-state index contributed by atoms with van der Waals surface area (Å²) in [5.74, 6) is -1.66. The number of amides is 3. The van der Waals surface area contributed by atoms with Crippen molar-refractivity contribution in [3.63, 3.8) is 0 Å². The second kappa shape index (κ2) is 11.0. The average molecular weight is 552 g/mol. The summed E-state index contributed by atoms with van der Waals surface area (Å²) >= 11 is 0. The first-order valence-corrected chi connectivity index (χ1v) is 12.0. The summed E-state index contributed by atoms with van der Waals surface area (Å²) < 4.78 is 11.7. The smallest absolute Gasteiger partial charge is 0.425 e. The lowest BCUT2D eigenvalue weighted by Gasteiger charge is -2.28. The highest BCUT2D eigenvalue weighted by atomic mass is 16.6. The van der Waals surface area contributed by atoms with Gasteiger partial charge in [0.05, 0.1) is 23.3 Å². The van der Waals surface area contributed by atoms with E-state index >= 15 is 0 Å². The molecule has 2 N–H and O–H groups in total. The van der Waals surface area contributed by atoms with Crippen molar-refractivity contribution in [3.05, 3.63) is 30.0 Å². The van der Waals surface area contributed by atoms with Crippen molar-refractivity contribution in [2.45, 2.75) is 66.1 Å². The van der Waals surface area contributed by atoms with E-state index in [4.69, 9.17) is 14.7 Å². The lowest BCUT2D eigenvalue weighted by molar-refractivity contribution is -0.115. The fourth-order valence-corrected chi connectivity index (χ4v) is 3.42. The van der Waals surface area contributed by atoms with Gasteiger partial charge < -0.3 is 19.9 Å². The van der Waals surface area contributed by atoms with Gasteiger partial charge in [-0.25, -0.2) is 33.9 Å². The number of aromatic nitrogens is 4. The van der Waals surface area contributed by atoms with Gasteiger partial charge in [-0.15, -0.1) is 0 Å². The number of benzene rings is 1. The summed E-state index contributed by atoms with van der Waals surface area (Å²) in [5, 5.41) is 21.3. The van der Waals surface area contributed by atoms with Gasteiger partial charge in [-0.2, -0.15) is 10.2 Å². The van der Waals surface area contributed by atoms with E-state index in [0.29, 0.717) is 4.90 Å². The molecular formula is C26H29N7O7. The molecular weight excluding hydrogens is 522 g/mol. The first-order valence-electron chi connectivity index (χ1n) is 12.0. The standard InChI is InChI=1S/C26H29N7O7/c1-14-8-9-15-16(12-14)32(22(35)36)21(29-15)19-20(28-13-17(31-19)30-18(34)10-11-27)33(23(37)39-25(2,3)4)24(38)40-26(5,6)7/h8-9,12-13H,10H2,1-7H3,(H,35,36)(H,30,31,34). The van der Waals surface area contributed by atoms with Crippen molar-refractivity contribution in [2.75, 3.05) is 10.2 Å². The highest BCUT2D eigenvalue weighted by molar-refractivity contribution is 6.11. The maximum Gasteiger partial charge on any atom is 0.425 e. The second-order valence-corrected chi connectivity index (χ2v) is 10.7. The lowest BCUT2D eigenvalue weighted by atomic mass is 10.2. The molecule has 0 radical (unpaired) electrons. The van der Waals surface area contributed by atoms with Crippen LogP contribution in [-0.2, 0) is 14.3 Å². The molecule has 0 spiro atoms. The molecule has 40 heavy (non-hydrogen) atoms. The maximum absolute atomic E-state index is 13.3. The van der Waals surface area contributed by atoms with E-state index in [2.05, 4.69) is 20.3 Å². The maximum atomic E-state index is 13.3. The van der Waals surface area contributed by atoms with Crippen molar-refractivity contribution in [1.82, 2.24) is 19.5 Å². The molecule has 14 nitrogen and oxygen atoms in total. The van der Waals surface area contributed by atoms with Gasteiger partial charge in [-0.1, -0.05) is 6.07 Å². The third-order valence-corrected chi connectivity index (χ3v) is 4.84. The van der Waals surface area contributed by atoms with E-state index in [0.717, 1.165) is 16.3 Å². The zero-order valence-corrected chi connectivity index (χ0v) is 23.1. The van der Waals surface area contributed by atoms with Gasteiger partial charge in [0.15, 0.2) is 23.2 Å². The highest BCUT2D eigenvalue weighted by Crippen LogP contribution is 2.33. The lowest BCUT2D eigenvalue weighted by Crippen LogP contribution is -2.44. The number of carbonyl (C=O) groups excluding carboxylic acids is 3. The normalized spacial score (nSPS) is 11.4. The molecule has 210 valence electrons. The van der Waals surface area contributed by atoms with Crippen molar-refractivity contribution >= 4 is 46.9 Å². The van der Waals surface area contributed by atoms with Crippen molar-refractivity contribution < 1.29 is 33.8 Å². The minimum atomic E-state index is -1.43. The van der Waals surface area contributed by atoms with E-state index in [1.807, 2.05) is 0 Å². The van der Waals surface area contributed by atoms with Gasteiger partial charge in [0.25, 0.3) is 0 Å². The number of aryl methyl sites for hydroxylation is 1. The SMILES string of the molecule is Cc1ccc2nc(-c3nc(NC(=O)CC#N)cnc3N(C(=O)OC(C)(C)C)C(=O)OC(C)(C)C)n(C(=O)O)c2c1. The zero-order chi connectivity index (χ0) is 30.0. The topological polar surface area (TPSA) is 190 Å². The quantitative estimate of drug-likeness (QED) is 0.450. The molecule has 0 aliphatic heterocycles. The van der Waals surface area contributed by atoms with Gasteiger partial charge in [0.1, 0.15) is 17.6 Å². The first kappa shape index (κ1) is 29.5. The molecule has 0 unspecified atom stereocenters. The minimum Gasteiger partial charge on any atom is -0.464 e. The Kier molecular flexibility index (Phi) is 8.09. The number of ether oxygens (including phenoxy) is 2. The average Bonchev–Trinajstić information content (AvgIpc) is 3.16. The van der Waals surface area contributed by atoms with Gasteiger partial charge in [-0.3, -0.25) is 4.79 Å². The summed E-state index contributed by atoms with van der Waals surface area (Å²) in [6, 6.07) is 6.61. The van der Waals surface area contributed by atoms with E-state index in [9.17, 15) is 24.3 Å². The van der Waals surface area contributed by atoms with Crippen molar-refractivity contribution in [1.29, 1.82) is 5.26 Å². The summed E-state index contributed by atoms with van der Waals surface area (Å²) in [7, 11) is 0. The molecule has 0 atom stereocenters. The fraction of sp³-hybridized carbons (Fsp3) is 0.385. The number of carboxylic acid groups (broad SMARTS) is 1. The monoisotopic (exact) mass is 551 g/mol. The predicted molar refractivity (Wildman–Crippen MR) is 143 cm³/mol. The Morgan fingerprint density at radius 3 is 2.17 bits per heavy atom. The van der Waals surface area contributed by atoms with E-state index in [1.54, 1.807) is 72.7 Å². The Morgan fingerprint density at radius 1 is 1.05 bits per heavy atom. The van der Waals surface area contributed by atoms with Crippen molar-refractivity contribution in [2.24, 2.45) is 0 Å². The highest BCUT2D eigenvalue weighted by Gasteiger charge is 2.37. The minimum absolute atomic E-state index is 0.187. The number of fused-ring (bicyclic) bond motifs is 1. The van der Waals surface area contributed by atoms with Gasteiger partial charge in [-0.05, 0) is 66.2 Å². The molecule has 1 aromatic carbocycles. The molecule has 3 rings (SSSR count). The van der Waals surface area contributed by atoms with E-state index < -0.39 is 47.6 Å². The molecule has 3 amide bonds. The van der Waals surface area contributed by atoms with Crippen LogP contribution in [-0.4, -0.2) is 60.0 Å². The Bertz CT molecular complexity index is 1510. The number of imide groups is 1. The Hall–Kier alpha value is -5.06. The van der Waals surface area contributed by atoms with Crippen LogP contribution in [0.15, 0.2) is 24.4 Å². The van der Waals surface area contributed by atoms with Gasteiger partial charge in [0.2, 0.25) is 5.91 Å². The van der Waals surface area contributed by atoms with Crippen LogP contribution in [0.5, 0.6) is 0 Å². The third kappa shape index (κ3) is 6.87. The van der Waals surface area contributed by atoms with Crippen LogP contribution < -0.4 is 10.2 Å². The van der Waals surface area contributed by atoms with Crippen LogP contribution in [0.2, 0.25) is 0 Å². The van der Waals surface area contributed by atoms with Crippen LogP contribution >= 0.6 is 0 Å². The summed E-state index contributed by atoms with van der Waals surface area (Å²) in [6.45, 7) is 11.3. The molecule has 2 aromatic heterocycles. The summed E-state index contributed by atoms with van der Waals surface area (Å²) in [4.78, 5) is 64.5. The molecule has 0 saturated carbocycles. The molecule has 0 saturated heterocycles. The van der Waals surface area contributed by atoms with Crippen LogP contribution in [0.25, 0.3) is 22.6 Å². The molecule has 0 fully saturated rings. The van der Waals surface area contributed by atoms with Crippen LogP contribution in [0.4, 0.5) is 26.0 Å². The van der Waals surface area contributed by atoms with Crippen LogP contribution in [0.1, 0.15) is 53.5 Å². The number of hydrogen-bond acceptors (Lipinski definition) is 10. The third-order valence-electron chi connectivity index (χ3n) is 4.84. The molecule has 0 bridgehead atoms. The number of nitriles is 1. The fourth-order valence-electron chi connectivity index (χ4n) is 3.42. The molecule has 0 aliphatic rings. The van der Waals surface area contributed by atoms with Crippen LogP contribution in [0.3, 0.4) is 0 Å².